The van der Waals surface area contributed by atoms with Crippen molar-refractivity contribution in [2.45, 2.75) is 6.92 Å². The molecule has 7 heteroatoms. The van der Waals surface area contributed by atoms with Crippen molar-refractivity contribution in [2.24, 2.45) is 0 Å². The molecule has 0 spiro atoms. The van der Waals surface area contributed by atoms with Gasteiger partial charge >= 0.3 is 5.97 Å². The van der Waals surface area contributed by atoms with Gasteiger partial charge in [0.15, 0.2) is 0 Å². The Hall–Kier alpha value is -2.76. The number of carbonyl (C=O) groups is 2. The first-order chi connectivity index (χ1) is 13.4. The highest BCUT2D eigenvalue weighted by Gasteiger charge is 2.38. The SMILES string of the molecule is COC(=O)C1=C(C)N(c2ccc(Cl)c(Cl)c2)C(=O)/C1=C\c1cccc(OC)c1. The summed E-state index contributed by atoms with van der Waals surface area (Å²) >= 11 is 12.1. The number of hydrogen-bond donors (Lipinski definition) is 0. The van der Waals surface area contributed by atoms with Gasteiger partial charge in [-0.3, -0.25) is 9.69 Å². The summed E-state index contributed by atoms with van der Waals surface area (Å²) in [6, 6.07) is 12.0. The minimum atomic E-state index is -0.595. The van der Waals surface area contributed by atoms with Crippen LogP contribution in [-0.4, -0.2) is 26.1 Å². The van der Waals surface area contributed by atoms with E-state index in [4.69, 9.17) is 32.7 Å². The molecule has 5 nitrogen and oxygen atoms in total. The number of esters is 1. The van der Waals surface area contributed by atoms with Gasteiger partial charge in [-0.05, 0) is 48.9 Å². The zero-order chi connectivity index (χ0) is 20.4. The predicted octanol–water partition coefficient (Wildman–Crippen LogP) is 4.88. The number of rotatable bonds is 4. The highest BCUT2D eigenvalue weighted by Crippen LogP contribution is 2.37. The second-order valence-electron chi connectivity index (χ2n) is 6.03. The number of allylic oxidation sites excluding steroid dienone is 1. The summed E-state index contributed by atoms with van der Waals surface area (Å²) in [5.74, 6) is -0.317. The molecular formula is C21H17Cl2NO4. The molecular weight excluding hydrogens is 401 g/mol. The quantitative estimate of drug-likeness (QED) is 0.525. The molecule has 2 aromatic rings. The number of ether oxygens (including phenoxy) is 2. The Morgan fingerprint density at radius 2 is 1.82 bits per heavy atom. The molecule has 1 aliphatic rings. The van der Waals surface area contributed by atoms with Crippen molar-refractivity contribution in [1.29, 1.82) is 0 Å². The molecule has 1 heterocycles. The van der Waals surface area contributed by atoms with E-state index in [9.17, 15) is 9.59 Å². The molecule has 144 valence electrons. The number of methoxy groups -OCH3 is 2. The van der Waals surface area contributed by atoms with Crippen LogP contribution in [0.25, 0.3) is 6.08 Å². The lowest BCUT2D eigenvalue weighted by Crippen LogP contribution is -2.24. The lowest BCUT2D eigenvalue weighted by atomic mass is 10.0. The fraction of sp³-hybridized carbons (Fsp3) is 0.143. The Kier molecular flexibility index (Phi) is 5.77. The third-order valence-corrected chi connectivity index (χ3v) is 5.09. The molecule has 1 amide bonds. The summed E-state index contributed by atoms with van der Waals surface area (Å²) in [4.78, 5) is 27.0. The van der Waals surface area contributed by atoms with Crippen LogP contribution in [0, 0.1) is 0 Å². The van der Waals surface area contributed by atoms with Crippen LogP contribution >= 0.6 is 23.2 Å². The van der Waals surface area contributed by atoms with Crippen LogP contribution in [0.4, 0.5) is 5.69 Å². The van der Waals surface area contributed by atoms with E-state index in [1.165, 1.54) is 12.0 Å². The zero-order valence-electron chi connectivity index (χ0n) is 15.5. The van der Waals surface area contributed by atoms with Crippen molar-refractivity contribution < 1.29 is 19.1 Å². The maximum absolute atomic E-state index is 13.2. The van der Waals surface area contributed by atoms with Gasteiger partial charge in [-0.15, -0.1) is 0 Å². The van der Waals surface area contributed by atoms with E-state index in [0.29, 0.717) is 32.7 Å². The lowest BCUT2D eigenvalue weighted by Gasteiger charge is -2.18. The average molecular weight is 418 g/mol. The summed E-state index contributed by atoms with van der Waals surface area (Å²) in [7, 11) is 2.83. The molecule has 0 saturated carbocycles. The van der Waals surface area contributed by atoms with E-state index in [1.807, 2.05) is 6.07 Å². The summed E-state index contributed by atoms with van der Waals surface area (Å²) in [6.07, 6.45) is 1.64. The first-order valence-electron chi connectivity index (χ1n) is 8.32. The Labute approximate surface area is 172 Å². The average Bonchev–Trinajstić information content (AvgIpc) is 2.93. The molecule has 0 unspecified atom stereocenters. The largest absolute Gasteiger partial charge is 0.497 e. The first kappa shape index (κ1) is 20.0. The van der Waals surface area contributed by atoms with Crippen LogP contribution in [0.2, 0.25) is 10.0 Å². The van der Waals surface area contributed by atoms with E-state index in [1.54, 1.807) is 56.5 Å². The molecule has 0 aliphatic carbocycles. The molecule has 0 bridgehead atoms. The van der Waals surface area contributed by atoms with Crippen LogP contribution in [0.5, 0.6) is 5.75 Å². The second kappa shape index (κ2) is 8.09. The van der Waals surface area contributed by atoms with Gasteiger partial charge in [0.1, 0.15) is 5.75 Å². The first-order valence-corrected chi connectivity index (χ1v) is 9.07. The Morgan fingerprint density at radius 1 is 1.07 bits per heavy atom. The maximum atomic E-state index is 13.2. The normalized spacial score (nSPS) is 15.4. The summed E-state index contributed by atoms with van der Waals surface area (Å²) in [5, 5.41) is 0.684. The Morgan fingerprint density at radius 3 is 2.46 bits per heavy atom. The molecule has 0 atom stereocenters. The molecule has 0 radical (unpaired) electrons. The number of halogens is 2. The number of hydrogen-bond acceptors (Lipinski definition) is 4. The van der Waals surface area contributed by atoms with E-state index >= 15 is 0 Å². The van der Waals surface area contributed by atoms with Crippen molar-refractivity contribution in [2.75, 3.05) is 19.1 Å². The van der Waals surface area contributed by atoms with Crippen molar-refractivity contribution in [1.82, 2.24) is 0 Å². The zero-order valence-corrected chi connectivity index (χ0v) is 17.0. The van der Waals surface area contributed by atoms with Crippen LogP contribution < -0.4 is 9.64 Å². The topological polar surface area (TPSA) is 55.8 Å². The Balaban J connectivity index is 2.14. The van der Waals surface area contributed by atoms with Crippen LogP contribution in [0.1, 0.15) is 12.5 Å². The molecule has 3 rings (SSSR count). The predicted molar refractivity (Wildman–Crippen MR) is 110 cm³/mol. The van der Waals surface area contributed by atoms with Crippen LogP contribution in [-0.2, 0) is 14.3 Å². The number of benzene rings is 2. The summed E-state index contributed by atoms with van der Waals surface area (Å²) in [6.45, 7) is 1.68. The lowest BCUT2D eigenvalue weighted by molar-refractivity contribution is -0.136. The van der Waals surface area contributed by atoms with Crippen molar-refractivity contribution in [3.8, 4) is 5.75 Å². The van der Waals surface area contributed by atoms with Gasteiger partial charge in [0, 0.05) is 5.70 Å². The van der Waals surface area contributed by atoms with E-state index in [2.05, 4.69) is 0 Å². The van der Waals surface area contributed by atoms with Gasteiger partial charge in [0.2, 0.25) is 0 Å². The molecule has 0 N–H and O–H groups in total. The van der Waals surface area contributed by atoms with Gasteiger partial charge < -0.3 is 9.47 Å². The van der Waals surface area contributed by atoms with Crippen LogP contribution in [0.3, 0.4) is 0 Å². The van der Waals surface area contributed by atoms with Crippen molar-refractivity contribution in [3.63, 3.8) is 0 Å². The third kappa shape index (κ3) is 3.63. The molecule has 0 saturated heterocycles. The standard InChI is InChI=1S/C21H17Cl2NO4/c1-12-19(21(26)28-3)16(10-13-5-4-6-15(9-13)27-2)20(25)24(12)14-7-8-17(22)18(23)11-14/h4-11H,1-3H3/b16-10-. The third-order valence-electron chi connectivity index (χ3n) is 4.36. The second-order valence-corrected chi connectivity index (χ2v) is 6.84. The smallest absolute Gasteiger partial charge is 0.340 e. The van der Waals surface area contributed by atoms with Gasteiger partial charge in [-0.25, -0.2) is 4.79 Å². The highest BCUT2D eigenvalue weighted by molar-refractivity contribution is 6.42. The molecule has 2 aromatic carbocycles. The fourth-order valence-electron chi connectivity index (χ4n) is 3.01. The minimum Gasteiger partial charge on any atom is -0.497 e. The number of carbonyl (C=O) groups excluding carboxylic acids is 2. The van der Waals surface area contributed by atoms with Gasteiger partial charge in [0.05, 0.1) is 41.1 Å². The van der Waals surface area contributed by atoms with E-state index < -0.39 is 5.97 Å². The van der Waals surface area contributed by atoms with Gasteiger partial charge in [-0.2, -0.15) is 0 Å². The summed E-state index contributed by atoms with van der Waals surface area (Å²) < 4.78 is 10.1. The molecule has 0 fully saturated rings. The number of amides is 1. The number of anilines is 1. The summed E-state index contributed by atoms with van der Waals surface area (Å²) in [5.41, 5.74) is 2.09. The molecule has 28 heavy (non-hydrogen) atoms. The van der Waals surface area contributed by atoms with Crippen molar-refractivity contribution >= 4 is 46.8 Å². The number of nitrogens with zero attached hydrogens (tertiary/aromatic N) is 1. The molecule has 0 aromatic heterocycles. The maximum Gasteiger partial charge on any atom is 0.340 e. The van der Waals surface area contributed by atoms with Gasteiger partial charge in [-0.1, -0.05) is 35.3 Å². The van der Waals surface area contributed by atoms with E-state index in [0.717, 1.165) is 0 Å². The molecule has 1 aliphatic heterocycles. The van der Waals surface area contributed by atoms with Crippen LogP contribution in [0.15, 0.2) is 59.3 Å². The highest BCUT2D eigenvalue weighted by atomic mass is 35.5. The van der Waals surface area contributed by atoms with Crippen molar-refractivity contribution in [3.05, 3.63) is 74.9 Å². The fourth-order valence-corrected chi connectivity index (χ4v) is 3.31. The Bertz CT molecular complexity index is 1030. The van der Waals surface area contributed by atoms with Gasteiger partial charge in [0.25, 0.3) is 5.91 Å². The minimum absolute atomic E-state index is 0.196. The van der Waals surface area contributed by atoms with E-state index in [-0.39, 0.29) is 17.1 Å². The monoisotopic (exact) mass is 417 g/mol.